The quantitative estimate of drug-likeness (QED) is 0.527. The third kappa shape index (κ3) is 6.42. The number of carbonyl (C=O) groups excluding carboxylic acids is 2. The monoisotopic (exact) mass is 482 g/mol. The molecule has 32 heavy (non-hydrogen) atoms. The maximum atomic E-state index is 12.6. The fraction of sp³-hybridized carbons (Fsp3) is 0.333. The SMILES string of the molecule is COc1cccc(NC(=O)COC(=O)c2ccc(Cl)c(S(=O)(=O)NCC3CCCO3)c2)c1. The van der Waals surface area contributed by atoms with E-state index in [2.05, 4.69) is 10.0 Å². The molecule has 0 radical (unpaired) electrons. The number of hydrogen-bond donors (Lipinski definition) is 2. The van der Waals surface area contributed by atoms with Crippen LogP contribution in [-0.2, 0) is 24.3 Å². The van der Waals surface area contributed by atoms with Crippen molar-refractivity contribution in [1.29, 1.82) is 0 Å². The van der Waals surface area contributed by atoms with Gasteiger partial charge in [-0.15, -0.1) is 0 Å². The summed E-state index contributed by atoms with van der Waals surface area (Å²) in [7, 11) is -2.47. The molecule has 1 amide bonds. The zero-order valence-electron chi connectivity index (χ0n) is 17.3. The van der Waals surface area contributed by atoms with Crippen LogP contribution in [0.3, 0.4) is 0 Å². The summed E-state index contributed by atoms with van der Waals surface area (Å²) in [5, 5.41) is 2.53. The number of anilines is 1. The fourth-order valence-corrected chi connectivity index (χ4v) is 4.62. The van der Waals surface area contributed by atoms with E-state index in [1.165, 1.54) is 19.2 Å². The van der Waals surface area contributed by atoms with Crippen molar-refractivity contribution in [3.63, 3.8) is 0 Å². The molecule has 1 unspecified atom stereocenters. The molecule has 1 aliphatic rings. The highest BCUT2D eigenvalue weighted by Crippen LogP contribution is 2.24. The van der Waals surface area contributed by atoms with E-state index in [-0.39, 0.29) is 28.1 Å². The average molecular weight is 483 g/mol. The smallest absolute Gasteiger partial charge is 0.338 e. The maximum Gasteiger partial charge on any atom is 0.338 e. The van der Waals surface area contributed by atoms with E-state index >= 15 is 0 Å². The number of hydrogen-bond acceptors (Lipinski definition) is 7. The molecule has 2 aromatic rings. The lowest BCUT2D eigenvalue weighted by Gasteiger charge is -2.13. The van der Waals surface area contributed by atoms with E-state index in [9.17, 15) is 18.0 Å². The molecule has 0 aliphatic carbocycles. The van der Waals surface area contributed by atoms with Gasteiger partial charge in [0.05, 0.1) is 23.8 Å². The summed E-state index contributed by atoms with van der Waals surface area (Å²) in [6.45, 7) is 0.148. The number of amides is 1. The molecule has 172 valence electrons. The van der Waals surface area contributed by atoms with Crippen LogP contribution in [0, 0.1) is 0 Å². The number of ether oxygens (including phenoxy) is 3. The van der Waals surface area contributed by atoms with Gasteiger partial charge in [0.25, 0.3) is 5.91 Å². The first-order valence-corrected chi connectivity index (χ1v) is 11.7. The topological polar surface area (TPSA) is 120 Å². The van der Waals surface area contributed by atoms with Crippen LogP contribution < -0.4 is 14.8 Å². The Labute approximate surface area is 191 Å². The zero-order chi connectivity index (χ0) is 23.1. The van der Waals surface area contributed by atoms with Gasteiger partial charge in [0.15, 0.2) is 6.61 Å². The second kappa shape index (κ2) is 10.8. The summed E-state index contributed by atoms with van der Waals surface area (Å²) in [5.41, 5.74) is 0.420. The largest absolute Gasteiger partial charge is 0.497 e. The molecule has 3 rings (SSSR count). The fourth-order valence-electron chi connectivity index (χ4n) is 3.03. The van der Waals surface area contributed by atoms with E-state index in [1.807, 2.05) is 0 Å². The first kappa shape index (κ1) is 24.0. The van der Waals surface area contributed by atoms with Gasteiger partial charge in [0.2, 0.25) is 10.0 Å². The van der Waals surface area contributed by atoms with Gasteiger partial charge in [-0.3, -0.25) is 4.79 Å². The molecule has 1 heterocycles. The van der Waals surface area contributed by atoms with Crippen molar-refractivity contribution in [3.8, 4) is 5.75 Å². The summed E-state index contributed by atoms with van der Waals surface area (Å²) in [4.78, 5) is 24.2. The van der Waals surface area contributed by atoms with Crippen LogP contribution in [0.5, 0.6) is 5.75 Å². The second-order valence-corrected chi connectivity index (χ2v) is 9.13. The minimum absolute atomic E-state index is 0.0443. The van der Waals surface area contributed by atoms with Gasteiger partial charge in [0, 0.05) is 24.9 Å². The lowest BCUT2D eigenvalue weighted by molar-refractivity contribution is -0.119. The molecule has 1 fully saturated rings. The second-order valence-electron chi connectivity index (χ2n) is 6.99. The van der Waals surface area contributed by atoms with Crippen LogP contribution >= 0.6 is 11.6 Å². The Morgan fingerprint density at radius 2 is 2.03 bits per heavy atom. The molecule has 11 heteroatoms. The number of sulfonamides is 1. The number of methoxy groups -OCH3 is 1. The van der Waals surface area contributed by atoms with Gasteiger partial charge in [-0.25, -0.2) is 17.9 Å². The predicted molar refractivity (Wildman–Crippen MR) is 118 cm³/mol. The van der Waals surface area contributed by atoms with Crippen LogP contribution in [0.1, 0.15) is 23.2 Å². The predicted octanol–water partition coefficient (Wildman–Crippen LogP) is 2.60. The summed E-state index contributed by atoms with van der Waals surface area (Å²) >= 11 is 6.05. The van der Waals surface area contributed by atoms with Crippen LogP contribution in [-0.4, -0.2) is 53.3 Å². The molecule has 1 saturated heterocycles. The Kier molecular flexibility index (Phi) is 8.08. The molecule has 0 spiro atoms. The molecule has 2 N–H and O–H groups in total. The van der Waals surface area contributed by atoms with Crippen LogP contribution in [0.15, 0.2) is 47.4 Å². The minimum Gasteiger partial charge on any atom is -0.497 e. The molecule has 1 aliphatic heterocycles. The number of carbonyl (C=O) groups is 2. The van der Waals surface area contributed by atoms with Crippen molar-refractivity contribution in [1.82, 2.24) is 4.72 Å². The number of esters is 1. The molecule has 2 aromatic carbocycles. The highest BCUT2D eigenvalue weighted by atomic mass is 35.5. The molecule has 0 saturated carbocycles. The normalized spacial score (nSPS) is 15.9. The van der Waals surface area contributed by atoms with Crippen molar-refractivity contribution in [2.75, 3.05) is 32.2 Å². The molecular weight excluding hydrogens is 460 g/mol. The van der Waals surface area contributed by atoms with Gasteiger partial charge < -0.3 is 19.5 Å². The van der Waals surface area contributed by atoms with Crippen molar-refractivity contribution >= 4 is 39.2 Å². The Hall–Kier alpha value is -2.66. The Morgan fingerprint density at radius 3 is 2.75 bits per heavy atom. The van der Waals surface area contributed by atoms with Gasteiger partial charge in [0.1, 0.15) is 10.6 Å². The Balaban J connectivity index is 1.60. The summed E-state index contributed by atoms with van der Waals surface area (Å²) in [6.07, 6.45) is 1.44. The van der Waals surface area contributed by atoms with Gasteiger partial charge >= 0.3 is 5.97 Å². The first-order valence-electron chi connectivity index (χ1n) is 9.80. The van der Waals surface area contributed by atoms with Gasteiger partial charge in [-0.1, -0.05) is 17.7 Å². The van der Waals surface area contributed by atoms with Crippen molar-refractivity contribution in [2.45, 2.75) is 23.8 Å². The van der Waals surface area contributed by atoms with Gasteiger partial charge in [-0.2, -0.15) is 0 Å². The molecular formula is C21H23ClN2O7S. The van der Waals surface area contributed by atoms with Crippen molar-refractivity contribution < 1.29 is 32.2 Å². The number of halogens is 1. The third-order valence-electron chi connectivity index (χ3n) is 4.67. The van der Waals surface area contributed by atoms with Crippen LogP contribution in [0.25, 0.3) is 0 Å². The summed E-state index contributed by atoms with van der Waals surface area (Å²) in [5.74, 6) is -0.868. The summed E-state index contributed by atoms with van der Waals surface area (Å²) < 4.78 is 43.2. The van der Waals surface area contributed by atoms with Crippen molar-refractivity contribution in [2.24, 2.45) is 0 Å². The average Bonchev–Trinajstić information content (AvgIpc) is 3.30. The first-order chi connectivity index (χ1) is 15.3. The lowest BCUT2D eigenvalue weighted by atomic mass is 10.2. The van der Waals surface area contributed by atoms with Crippen molar-refractivity contribution in [3.05, 3.63) is 53.1 Å². The number of benzene rings is 2. The van der Waals surface area contributed by atoms with E-state index in [4.69, 9.17) is 25.8 Å². The van der Waals surface area contributed by atoms with E-state index in [1.54, 1.807) is 24.3 Å². The number of rotatable bonds is 9. The van der Waals surface area contributed by atoms with E-state index in [0.717, 1.165) is 18.9 Å². The standard InChI is InChI=1S/C21H23ClN2O7S/c1-29-16-5-2-4-15(11-16)24-20(25)13-31-21(26)14-7-8-18(22)19(10-14)32(27,28)23-12-17-6-3-9-30-17/h2,4-5,7-8,10-11,17,23H,3,6,9,12-13H2,1H3,(H,24,25). The van der Waals surface area contributed by atoms with E-state index < -0.39 is 28.5 Å². The highest BCUT2D eigenvalue weighted by Gasteiger charge is 2.24. The Bertz CT molecular complexity index is 1090. The zero-order valence-corrected chi connectivity index (χ0v) is 18.9. The van der Waals surface area contributed by atoms with E-state index in [0.29, 0.717) is 18.0 Å². The maximum absolute atomic E-state index is 12.6. The van der Waals surface area contributed by atoms with Gasteiger partial charge in [-0.05, 0) is 43.2 Å². The number of nitrogens with one attached hydrogen (secondary N) is 2. The van der Waals surface area contributed by atoms with Crippen LogP contribution in [0.2, 0.25) is 5.02 Å². The van der Waals surface area contributed by atoms with Crippen LogP contribution in [0.4, 0.5) is 5.69 Å². The Morgan fingerprint density at radius 1 is 1.22 bits per heavy atom. The summed E-state index contributed by atoms with van der Waals surface area (Å²) in [6, 6.07) is 10.4. The molecule has 0 bridgehead atoms. The highest BCUT2D eigenvalue weighted by molar-refractivity contribution is 7.89. The molecule has 0 aromatic heterocycles. The molecule has 1 atom stereocenters. The third-order valence-corrected chi connectivity index (χ3v) is 6.57. The molecule has 9 nitrogen and oxygen atoms in total. The minimum atomic E-state index is -3.97. The lowest BCUT2D eigenvalue weighted by Crippen LogP contribution is -2.32.